The van der Waals surface area contributed by atoms with Crippen molar-refractivity contribution in [2.45, 2.75) is 19.3 Å². The van der Waals surface area contributed by atoms with Crippen LogP contribution in [0.2, 0.25) is 0 Å². The normalized spacial score (nSPS) is 16.2. The quantitative estimate of drug-likeness (QED) is 0.692. The van der Waals surface area contributed by atoms with E-state index in [-0.39, 0.29) is 17.7 Å². The minimum absolute atomic E-state index is 0.0399. The smallest absolute Gasteiger partial charge is 0.259 e. The van der Waals surface area contributed by atoms with E-state index in [0.717, 1.165) is 22.2 Å². The summed E-state index contributed by atoms with van der Waals surface area (Å²) in [5, 5.41) is 3.62. The van der Waals surface area contributed by atoms with Gasteiger partial charge in [0.1, 0.15) is 4.83 Å². The summed E-state index contributed by atoms with van der Waals surface area (Å²) < 4.78 is 0. The third kappa shape index (κ3) is 3.71. The lowest BCUT2D eigenvalue weighted by atomic mass is 9.95. The number of hydrogen-bond donors (Lipinski definition) is 2. The summed E-state index contributed by atoms with van der Waals surface area (Å²) in [5.41, 5.74) is 7.73. The van der Waals surface area contributed by atoms with Crippen LogP contribution in [0.4, 0.5) is 5.69 Å². The summed E-state index contributed by atoms with van der Waals surface area (Å²) in [6.45, 7) is 2.56. The maximum Gasteiger partial charge on any atom is 0.259 e. The van der Waals surface area contributed by atoms with E-state index in [0.29, 0.717) is 29.2 Å². The van der Waals surface area contributed by atoms with Crippen LogP contribution in [-0.4, -0.2) is 40.7 Å². The molecule has 3 heterocycles. The van der Waals surface area contributed by atoms with Gasteiger partial charge in [0.25, 0.3) is 11.8 Å². The highest BCUT2D eigenvalue weighted by Crippen LogP contribution is 2.39. The lowest BCUT2D eigenvalue weighted by Gasteiger charge is -2.17. The van der Waals surface area contributed by atoms with Gasteiger partial charge in [0, 0.05) is 48.8 Å². The number of hydrogen-bond acceptors (Lipinski definition) is 5. The molecular formula is C21H20N4O3S. The van der Waals surface area contributed by atoms with E-state index in [9.17, 15) is 14.4 Å². The van der Waals surface area contributed by atoms with Crippen LogP contribution in [0.1, 0.15) is 44.9 Å². The minimum atomic E-state index is -0.457. The van der Waals surface area contributed by atoms with Gasteiger partial charge in [-0.15, -0.1) is 11.3 Å². The van der Waals surface area contributed by atoms with Crippen LogP contribution in [-0.2, 0) is 4.79 Å². The maximum absolute atomic E-state index is 12.9. The number of nitrogens with one attached hydrogen (secondary N) is 1. The fourth-order valence-electron chi connectivity index (χ4n) is 3.80. The standard InChI is InChI=1S/C21H20N4O3S/c1-12(26)24-15-6-4-13(5-7-15)21(28)25-10-8-14(11-25)17-16-3-2-9-23-20(16)29-18(17)19(22)27/h2-7,9,14H,8,10-11H2,1H3,(H2,22,27)(H,24,26)/t14-/m0/s1. The number of carbonyl (C=O) groups excluding carboxylic acids is 3. The molecule has 1 aromatic carbocycles. The van der Waals surface area contributed by atoms with Gasteiger partial charge in [0.05, 0.1) is 4.88 Å². The van der Waals surface area contributed by atoms with Crippen LogP contribution in [0.15, 0.2) is 42.6 Å². The molecule has 0 spiro atoms. The first-order valence-electron chi connectivity index (χ1n) is 9.28. The largest absolute Gasteiger partial charge is 0.365 e. The number of thiophene rings is 1. The molecule has 0 unspecified atom stereocenters. The lowest BCUT2D eigenvalue weighted by Crippen LogP contribution is -2.28. The molecule has 148 valence electrons. The molecule has 2 aromatic heterocycles. The Morgan fingerprint density at radius 3 is 2.66 bits per heavy atom. The van der Waals surface area contributed by atoms with Crippen LogP contribution >= 0.6 is 11.3 Å². The molecule has 3 aromatic rings. The molecule has 8 heteroatoms. The van der Waals surface area contributed by atoms with Gasteiger partial charge in [-0.2, -0.15) is 0 Å². The number of primary amides is 1. The first-order valence-corrected chi connectivity index (χ1v) is 10.1. The van der Waals surface area contributed by atoms with Crippen molar-refractivity contribution in [1.29, 1.82) is 0 Å². The maximum atomic E-state index is 12.9. The number of fused-ring (bicyclic) bond motifs is 1. The monoisotopic (exact) mass is 408 g/mol. The second-order valence-corrected chi connectivity index (χ2v) is 8.06. The highest BCUT2D eigenvalue weighted by atomic mass is 32.1. The average Bonchev–Trinajstić information content (AvgIpc) is 3.32. The number of carbonyl (C=O) groups is 3. The third-order valence-electron chi connectivity index (χ3n) is 5.06. The zero-order valence-electron chi connectivity index (χ0n) is 15.8. The van der Waals surface area contributed by atoms with E-state index in [2.05, 4.69) is 10.3 Å². The summed E-state index contributed by atoms with van der Waals surface area (Å²) in [7, 11) is 0. The molecule has 0 bridgehead atoms. The molecule has 4 rings (SSSR count). The third-order valence-corrected chi connectivity index (χ3v) is 6.21. The summed E-state index contributed by atoms with van der Waals surface area (Å²) in [6, 6.07) is 10.6. The molecular weight excluding hydrogens is 388 g/mol. The van der Waals surface area contributed by atoms with Gasteiger partial charge in [0.2, 0.25) is 5.91 Å². The van der Waals surface area contributed by atoms with Crippen LogP contribution < -0.4 is 11.1 Å². The second-order valence-electron chi connectivity index (χ2n) is 7.06. The zero-order valence-corrected chi connectivity index (χ0v) is 16.7. The highest BCUT2D eigenvalue weighted by Gasteiger charge is 2.32. The second kappa shape index (κ2) is 7.63. The van der Waals surface area contributed by atoms with E-state index < -0.39 is 5.91 Å². The molecule has 3 N–H and O–H groups in total. The van der Waals surface area contributed by atoms with Crippen molar-refractivity contribution in [3.8, 4) is 0 Å². The number of aromatic nitrogens is 1. The molecule has 1 atom stereocenters. The van der Waals surface area contributed by atoms with Gasteiger partial charge in [0.15, 0.2) is 0 Å². The van der Waals surface area contributed by atoms with Gasteiger partial charge in [-0.1, -0.05) is 6.07 Å². The number of nitrogens with zero attached hydrogens (tertiary/aromatic N) is 2. The Hall–Kier alpha value is -3.26. The molecule has 0 saturated carbocycles. The molecule has 0 radical (unpaired) electrons. The number of likely N-dealkylation sites (tertiary alicyclic amines) is 1. The van der Waals surface area contributed by atoms with Gasteiger partial charge in [-0.05, 0) is 42.3 Å². The molecule has 1 saturated heterocycles. The average molecular weight is 408 g/mol. The molecule has 3 amide bonds. The van der Waals surface area contributed by atoms with Gasteiger partial charge in [-0.3, -0.25) is 14.4 Å². The number of pyridine rings is 1. The molecule has 1 aliphatic heterocycles. The van der Waals surface area contributed by atoms with Crippen LogP contribution in [0, 0.1) is 0 Å². The van der Waals surface area contributed by atoms with E-state index in [1.165, 1.54) is 18.3 Å². The summed E-state index contributed by atoms with van der Waals surface area (Å²) in [6.07, 6.45) is 2.46. The van der Waals surface area contributed by atoms with Gasteiger partial charge >= 0.3 is 0 Å². The van der Waals surface area contributed by atoms with E-state index in [1.54, 1.807) is 35.4 Å². The molecule has 7 nitrogen and oxygen atoms in total. The fourth-order valence-corrected chi connectivity index (χ4v) is 4.88. The van der Waals surface area contributed by atoms with Crippen molar-refractivity contribution in [1.82, 2.24) is 9.88 Å². The Bertz CT molecular complexity index is 1110. The Kier molecular flexibility index (Phi) is 5.02. The SMILES string of the molecule is CC(=O)Nc1ccc(C(=O)N2CC[C@H](c3c(C(N)=O)sc4ncccc34)C2)cc1. The van der Waals surface area contributed by atoms with Crippen LogP contribution in [0.3, 0.4) is 0 Å². The Balaban J connectivity index is 1.56. The van der Waals surface area contributed by atoms with Crippen molar-refractivity contribution >= 4 is 45.0 Å². The van der Waals surface area contributed by atoms with Crippen molar-refractivity contribution in [2.24, 2.45) is 5.73 Å². The minimum Gasteiger partial charge on any atom is -0.365 e. The topological polar surface area (TPSA) is 105 Å². The fraction of sp³-hybridized carbons (Fsp3) is 0.238. The molecule has 1 fully saturated rings. The number of anilines is 1. The van der Waals surface area contributed by atoms with Crippen molar-refractivity contribution < 1.29 is 14.4 Å². The predicted octanol–water partition coefficient (Wildman–Crippen LogP) is 2.98. The van der Waals surface area contributed by atoms with Crippen molar-refractivity contribution in [3.05, 3.63) is 58.6 Å². The molecule has 1 aliphatic rings. The Labute approximate surface area is 171 Å². The summed E-state index contributed by atoms with van der Waals surface area (Å²) in [4.78, 5) is 43.5. The van der Waals surface area contributed by atoms with Crippen molar-refractivity contribution in [3.63, 3.8) is 0 Å². The Morgan fingerprint density at radius 2 is 1.97 bits per heavy atom. The Morgan fingerprint density at radius 1 is 1.21 bits per heavy atom. The number of rotatable bonds is 4. The van der Waals surface area contributed by atoms with Gasteiger partial charge < -0.3 is 16.0 Å². The van der Waals surface area contributed by atoms with E-state index in [4.69, 9.17) is 5.73 Å². The molecule has 29 heavy (non-hydrogen) atoms. The lowest BCUT2D eigenvalue weighted by molar-refractivity contribution is -0.114. The first-order chi connectivity index (χ1) is 13.9. The summed E-state index contributed by atoms with van der Waals surface area (Å²) in [5.74, 6) is -0.645. The number of amides is 3. The highest BCUT2D eigenvalue weighted by molar-refractivity contribution is 7.20. The summed E-state index contributed by atoms with van der Waals surface area (Å²) >= 11 is 1.31. The van der Waals surface area contributed by atoms with Crippen LogP contribution in [0.5, 0.6) is 0 Å². The predicted molar refractivity (Wildman–Crippen MR) is 112 cm³/mol. The number of nitrogens with two attached hydrogens (primary N) is 1. The number of benzene rings is 1. The van der Waals surface area contributed by atoms with Crippen molar-refractivity contribution in [2.75, 3.05) is 18.4 Å². The first kappa shape index (κ1) is 19.1. The molecule has 0 aliphatic carbocycles. The van der Waals surface area contributed by atoms with Crippen LogP contribution in [0.25, 0.3) is 10.2 Å². The zero-order chi connectivity index (χ0) is 20.5. The van der Waals surface area contributed by atoms with E-state index in [1.807, 2.05) is 12.1 Å². The van der Waals surface area contributed by atoms with Gasteiger partial charge in [-0.25, -0.2) is 4.98 Å². The van der Waals surface area contributed by atoms with E-state index >= 15 is 0 Å².